The number of nitro groups is 2. The van der Waals surface area contributed by atoms with Crippen LogP contribution in [-0.4, -0.2) is 108 Å². The molecule has 0 spiro atoms. The van der Waals surface area contributed by atoms with Crippen LogP contribution in [0.1, 0.15) is 34.6 Å². The number of primary amides is 1. The largest absolute Gasteiger partial charge is 0.494 e. The van der Waals surface area contributed by atoms with Gasteiger partial charge in [-0.15, -0.1) is 0 Å². The van der Waals surface area contributed by atoms with Crippen molar-refractivity contribution in [1.82, 2.24) is 9.80 Å². The highest BCUT2D eigenvalue weighted by atomic mass is 16.6. The highest BCUT2D eigenvalue weighted by Gasteiger charge is 2.30. The third-order valence-electron chi connectivity index (χ3n) is 7.48. The van der Waals surface area contributed by atoms with Crippen LogP contribution in [0.15, 0.2) is 36.4 Å². The molecular formula is C31H37N7O11. The first-order valence-corrected chi connectivity index (χ1v) is 14.8. The van der Waals surface area contributed by atoms with Crippen LogP contribution in [0.5, 0.6) is 11.5 Å². The molecule has 2 amide bonds. The lowest BCUT2D eigenvalue weighted by Crippen LogP contribution is -2.55. The Morgan fingerprint density at radius 2 is 1.47 bits per heavy atom. The first-order chi connectivity index (χ1) is 23.2. The number of nitrogens with zero attached hydrogens (tertiary/aromatic N) is 4. The van der Waals surface area contributed by atoms with Crippen LogP contribution in [0.4, 0.5) is 27.5 Å². The van der Waals surface area contributed by atoms with Gasteiger partial charge in [0.2, 0.25) is 5.91 Å². The van der Waals surface area contributed by atoms with E-state index in [-0.39, 0.29) is 53.7 Å². The lowest BCUT2D eigenvalue weighted by atomic mass is 10.0. The Labute approximate surface area is 281 Å². The molecule has 1 heterocycles. The Morgan fingerprint density at radius 1 is 0.939 bits per heavy atom. The van der Waals surface area contributed by atoms with E-state index < -0.39 is 44.7 Å². The number of hydrogen-bond acceptors (Lipinski definition) is 13. The van der Waals surface area contributed by atoms with Gasteiger partial charge < -0.3 is 40.6 Å². The van der Waals surface area contributed by atoms with E-state index in [1.807, 2.05) is 18.7 Å². The molecular weight excluding hydrogens is 646 g/mol. The molecule has 0 unspecified atom stereocenters. The molecule has 0 radical (unpaired) electrons. The van der Waals surface area contributed by atoms with Gasteiger partial charge in [-0.3, -0.25) is 29.9 Å². The van der Waals surface area contributed by atoms with Crippen molar-refractivity contribution in [3.05, 3.63) is 67.8 Å². The van der Waals surface area contributed by atoms with E-state index >= 15 is 0 Å². The molecule has 2 aromatic rings. The van der Waals surface area contributed by atoms with Crippen molar-refractivity contribution in [3.63, 3.8) is 0 Å². The molecule has 1 aliphatic rings. The fourth-order valence-corrected chi connectivity index (χ4v) is 4.89. The number of esters is 1. The van der Waals surface area contributed by atoms with Crippen LogP contribution < -0.4 is 25.8 Å². The van der Waals surface area contributed by atoms with Crippen molar-refractivity contribution in [1.29, 1.82) is 0 Å². The zero-order chi connectivity index (χ0) is 36.3. The van der Waals surface area contributed by atoms with E-state index in [0.717, 1.165) is 19.2 Å². The quantitative estimate of drug-likeness (QED) is 0.0736. The number of carbonyl (C=O) groups excluding carboxylic acids is 2. The molecule has 0 atom stereocenters. The number of carboxylic acid groups (broad SMARTS) is 1. The minimum atomic E-state index is -0.975. The summed E-state index contributed by atoms with van der Waals surface area (Å²) in [6.45, 7) is 5.35. The molecule has 1 aliphatic heterocycles. The molecule has 0 bridgehead atoms. The zero-order valence-electron chi connectivity index (χ0n) is 27.3. The van der Waals surface area contributed by atoms with E-state index in [0.29, 0.717) is 26.2 Å². The van der Waals surface area contributed by atoms with Crippen molar-refractivity contribution in [3.8, 4) is 23.3 Å². The minimum absolute atomic E-state index is 0.0259. The summed E-state index contributed by atoms with van der Waals surface area (Å²) in [4.78, 5) is 60.7. The number of methoxy groups -OCH3 is 2. The van der Waals surface area contributed by atoms with E-state index in [4.69, 9.17) is 15.2 Å². The van der Waals surface area contributed by atoms with Crippen LogP contribution >= 0.6 is 0 Å². The number of nitro benzene ring substituents is 2. The van der Waals surface area contributed by atoms with Crippen LogP contribution in [0.3, 0.4) is 0 Å². The molecule has 49 heavy (non-hydrogen) atoms. The first kappa shape index (κ1) is 37.4. The maximum atomic E-state index is 11.9. The van der Waals surface area contributed by atoms with Crippen LogP contribution in [0, 0.1) is 32.1 Å². The average Bonchev–Trinajstić information content (AvgIpc) is 3.07. The van der Waals surface area contributed by atoms with E-state index in [2.05, 4.69) is 27.2 Å². The Morgan fingerprint density at radius 3 is 1.96 bits per heavy atom. The number of piperazine rings is 1. The van der Waals surface area contributed by atoms with Gasteiger partial charge in [0, 0.05) is 57.0 Å². The number of nitrogens with one attached hydrogen (secondary N) is 2. The molecule has 0 aromatic heterocycles. The summed E-state index contributed by atoms with van der Waals surface area (Å²) < 4.78 is 15.7. The van der Waals surface area contributed by atoms with Gasteiger partial charge in [0.15, 0.2) is 17.1 Å². The van der Waals surface area contributed by atoms with E-state index in [1.165, 1.54) is 24.1 Å². The summed E-state index contributed by atoms with van der Waals surface area (Å²) >= 11 is 0. The fraction of sp³-hybridized carbons (Fsp3) is 0.387. The number of benzene rings is 2. The number of rotatable bonds is 14. The second-order valence-electron chi connectivity index (χ2n) is 11.0. The summed E-state index contributed by atoms with van der Waals surface area (Å²) in [7, 11) is 2.44. The van der Waals surface area contributed by atoms with Gasteiger partial charge in [-0.05, 0) is 26.0 Å². The van der Waals surface area contributed by atoms with Gasteiger partial charge in [0.05, 0.1) is 35.2 Å². The molecule has 18 nitrogen and oxygen atoms in total. The standard InChI is InChI=1S/C31H37N7O11/c1-31(2,36-13-11-35(12-14-36)30(41)42)8-7-15-49-25-18-20(28(32)39)16-22(37(43)44)27(25)34-10-6-5-9-33-26-23(38(45)46)17-21(29(40)48-4)19-24(26)47-3/h5-6,16-19,33-34H,9-15H2,1-4H3,(H2,32,39)(H,41,42). The molecule has 2 aromatic carbocycles. The topological polar surface area (TPSA) is 242 Å². The highest BCUT2D eigenvalue weighted by molar-refractivity contribution is 5.96. The van der Waals surface area contributed by atoms with Crippen LogP contribution in [-0.2, 0) is 4.74 Å². The van der Waals surface area contributed by atoms with Crippen molar-refractivity contribution in [2.24, 2.45) is 5.73 Å². The van der Waals surface area contributed by atoms with E-state index in [1.54, 1.807) is 12.2 Å². The van der Waals surface area contributed by atoms with Crippen molar-refractivity contribution >= 4 is 40.7 Å². The molecule has 1 saturated heterocycles. The smallest absolute Gasteiger partial charge is 0.407 e. The number of anilines is 2. The Bertz CT molecular complexity index is 1690. The lowest BCUT2D eigenvalue weighted by Gasteiger charge is -2.40. The molecule has 0 aliphatic carbocycles. The monoisotopic (exact) mass is 683 g/mol. The number of nitrogens with two attached hydrogens (primary N) is 1. The van der Waals surface area contributed by atoms with Gasteiger partial charge >= 0.3 is 12.1 Å². The molecule has 5 N–H and O–H groups in total. The summed E-state index contributed by atoms with van der Waals surface area (Å²) in [6, 6.07) is 4.66. The number of carbonyl (C=O) groups is 3. The highest BCUT2D eigenvalue weighted by Crippen LogP contribution is 2.37. The summed E-state index contributed by atoms with van der Waals surface area (Å²) in [5.74, 6) is 4.32. The Hall–Kier alpha value is -6.09. The third kappa shape index (κ3) is 9.71. The second kappa shape index (κ2) is 16.6. The summed E-state index contributed by atoms with van der Waals surface area (Å²) in [6.07, 6.45) is 2.21. The number of ether oxygens (including phenoxy) is 3. The second-order valence-corrected chi connectivity index (χ2v) is 11.0. The minimum Gasteiger partial charge on any atom is -0.494 e. The van der Waals surface area contributed by atoms with Gasteiger partial charge in [-0.1, -0.05) is 24.0 Å². The van der Waals surface area contributed by atoms with Gasteiger partial charge in [0.1, 0.15) is 12.4 Å². The predicted octanol–water partition coefficient (Wildman–Crippen LogP) is 2.93. The molecule has 1 fully saturated rings. The van der Waals surface area contributed by atoms with Crippen molar-refractivity contribution < 1.29 is 43.5 Å². The van der Waals surface area contributed by atoms with Gasteiger partial charge in [0.25, 0.3) is 11.4 Å². The fourth-order valence-electron chi connectivity index (χ4n) is 4.89. The van der Waals surface area contributed by atoms with Crippen LogP contribution in [0.2, 0.25) is 0 Å². The normalized spacial score (nSPS) is 13.2. The van der Waals surface area contributed by atoms with Gasteiger partial charge in [-0.25, -0.2) is 9.59 Å². The summed E-state index contributed by atoms with van der Waals surface area (Å²) in [5.41, 5.74) is 3.69. The Balaban J connectivity index is 1.74. The lowest BCUT2D eigenvalue weighted by molar-refractivity contribution is -0.384. The van der Waals surface area contributed by atoms with Crippen molar-refractivity contribution in [2.45, 2.75) is 19.4 Å². The number of amides is 2. The number of hydrogen-bond donors (Lipinski definition) is 4. The zero-order valence-corrected chi connectivity index (χ0v) is 27.3. The summed E-state index contributed by atoms with van der Waals surface area (Å²) in [5, 5.41) is 38.6. The Kier molecular flexibility index (Phi) is 12.7. The maximum Gasteiger partial charge on any atom is 0.407 e. The van der Waals surface area contributed by atoms with Gasteiger partial charge in [-0.2, -0.15) is 0 Å². The third-order valence-corrected chi connectivity index (χ3v) is 7.48. The van der Waals surface area contributed by atoms with Crippen LogP contribution in [0.25, 0.3) is 0 Å². The van der Waals surface area contributed by atoms with E-state index in [9.17, 15) is 39.7 Å². The maximum absolute atomic E-state index is 11.9. The predicted molar refractivity (Wildman–Crippen MR) is 177 cm³/mol. The molecule has 3 rings (SSSR count). The SMILES string of the molecule is COC(=O)c1cc(OC)c(NCC=CCNc2c(OCC#CC(C)(C)N3CCN(C(=O)O)CC3)cc(C(N)=O)cc2[N+](=O)[O-])c([N+](=O)[O-])c1. The first-order valence-electron chi connectivity index (χ1n) is 14.8. The molecule has 18 heteroatoms. The average molecular weight is 684 g/mol. The molecule has 262 valence electrons. The molecule has 0 saturated carbocycles. The van der Waals surface area contributed by atoms with Crippen molar-refractivity contribution in [2.75, 3.05) is 70.7 Å².